The van der Waals surface area contributed by atoms with Crippen LogP contribution in [0.15, 0.2) is 44.0 Å². The van der Waals surface area contributed by atoms with E-state index in [-0.39, 0.29) is 5.56 Å². The number of unbranched alkanes of at least 4 members (excludes halogenated alkanes) is 1. The van der Waals surface area contributed by atoms with Gasteiger partial charge in [-0.3, -0.25) is 14.3 Å². The molecule has 2 aromatic rings. The molecule has 0 atom stereocenters. The van der Waals surface area contributed by atoms with E-state index < -0.39 is 5.69 Å². The first-order valence-electron chi connectivity index (χ1n) is 7.46. The molecule has 2 rings (SSSR count). The van der Waals surface area contributed by atoms with Crippen LogP contribution in [0.5, 0.6) is 0 Å². The quantitative estimate of drug-likeness (QED) is 0.879. The van der Waals surface area contributed by atoms with Crippen molar-refractivity contribution in [3.63, 3.8) is 0 Å². The van der Waals surface area contributed by atoms with Crippen molar-refractivity contribution in [3.8, 4) is 0 Å². The third-order valence-electron chi connectivity index (χ3n) is 3.05. The van der Waals surface area contributed by atoms with Crippen molar-refractivity contribution >= 4 is 11.8 Å². The highest BCUT2D eigenvalue weighted by molar-refractivity contribution is 7.99. The summed E-state index contributed by atoms with van der Waals surface area (Å²) in [7, 11) is 1.64. The Morgan fingerprint density at radius 2 is 1.86 bits per heavy atom. The molecule has 0 aromatic carbocycles. The third-order valence-corrected chi connectivity index (χ3v) is 4.22. The van der Waals surface area contributed by atoms with E-state index in [0.29, 0.717) is 17.0 Å². The Labute approximate surface area is 134 Å². The van der Waals surface area contributed by atoms with Gasteiger partial charge in [0.05, 0.1) is 5.03 Å². The number of H-pyrrole nitrogens is 1. The van der Waals surface area contributed by atoms with Crippen LogP contribution in [0.25, 0.3) is 0 Å². The fourth-order valence-electron chi connectivity index (χ4n) is 1.60. The molecule has 0 aliphatic heterocycles. The summed E-state index contributed by atoms with van der Waals surface area (Å²) < 4.78 is 1.44. The van der Waals surface area contributed by atoms with Crippen LogP contribution in [0.3, 0.4) is 0 Å². The van der Waals surface area contributed by atoms with Crippen molar-refractivity contribution < 1.29 is 0 Å². The molecule has 0 spiro atoms. The Morgan fingerprint density at radius 3 is 2.36 bits per heavy atom. The van der Waals surface area contributed by atoms with Crippen molar-refractivity contribution in [3.05, 3.63) is 50.8 Å². The van der Waals surface area contributed by atoms with Crippen LogP contribution >= 0.6 is 11.8 Å². The van der Waals surface area contributed by atoms with Gasteiger partial charge in [0.2, 0.25) is 0 Å². The van der Waals surface area contributed by atoms with Crippen molar-refractivity contribution in [1.29, 1.82) is 0 Å². The predicted molar refractivity (Wildman–Crippen MR) is 90.6 cm³/mol. The molecule has 0 fully saturated rings. The van der Waals surface area contributed by atoms with Crippen molar-refractivity contribution in [2.24, 2.45) is 7.05 Å². The lowest BCUT2D eigenvalue weighted by Gasteiger charge is -2.10. The van der Waals surface area contributed by atoms with Gasteiger partial charge in [-0.25, -0.2) is 9.78 Å². The highest BCUT2D eigenvalue weighted by Gasteiger charge is 2.12. The molecule has 0 unspecified atom stereocenters. The van der Waals surface area contributed by atoms with E-state index in [0.717, 1.165) is 5.03 Å². The minimum atomic E-state index is -0.407. The van der Waals surface area contributed by atoms with Gasteiger partial charge in [0, 0.05) is 18.8 Å². The highest BCUT2D eigenvalue weighted by atomic mass is 32.2. The summed E-state index contributed by atoms with van der Waals surface area (Å²) in [5.41, 5.74) is -0.123. The first-order valence-corrected chi connectivity index (χ1v) is 8.27. The maximum atomic E-state index is 11.7. The maximum Gasteiger partial charge on any atom is 0.328 e. The second-order valence-electron chi connectivity index (χ2n) is 4.73. The number of rotatable bonds is 4. The second kappa shape index (κ2) is 9.25. The number of aromatic amines is 1. The van der Waals surface area contributed by atoms with E-state index in [1.54, 1.807) is 13.2 Å². The summed E-state index contributed by atoms with van der Waals surface area (Å²) in [6, 6.07) is 5.53. The van der Waals surface area contributed by atoms with Crippen molar-refractivity contribution in [2.75, 3.05) is 0 Å². The van der Waals surface area contributed by atoms with Gasteiger partial charge in [-0.15, -0.1) is 0 Å². The normalized spacial score (nSPS) is 10.0. The molecule has 0 amide bonds. The first-order chi connectivity index (χ1) is 10.5. The lowest BCUT2D eigenvalue weighted by atomic mass is 10.3. The van der Waals surface area contributed by atoms with Gasteiger partial charge in [0.15, 0.2) is 0 Å². The summed E-state index contributed by atoms with van der Waals surface area (Å²) in [5.74, 6) is 0. The largest absolute Gasteiger partial charge is 0.328 e. The van der Waals surface area contributed by atoms with Crippen molar-refractivity contribution in [1.82, 2.24) is 14.5 Å². The van der Waals surface area contributed by atoms with Gasteiger partial charge in [-0.05, 0) is 18.6 Å². The summed E-state index contributed by atoms with van der Waals surface area (Å²) in [4.78, 5) is 29.8. The lowest BCUT2D eigenvalue weighted by Crippen LogP contribution is -2.32. The van der Waals surface area contributed by atoms with Crippen LogP contribution in [0, 0.1) is 0 Å². The lowest BCUT2D eigenvalue weighted by molar-refractivity contribution is 0.691. The summed E-state index contributed by atoms with van der Waals surface area (Å²) in [6.07, 6.45) is 4.89. The Hall–Kier alpha value is -1.82. The van der Waals surface area contributed by atoms with Crippen LogP contribution in [0.4, 0.5) is 0 Å². The molecule has 1 N–H and O–H groups in total. The van der Waals surface area contributed by atoms with Crippen LogP contribution < -0.4 is 11.2 Å². The predicted octanol–water partition coefficient (Wildman–Crippen LogP) is 2.99. The molecule has 6 heteroatoms. The summed E-state index contributed by atoms with van der Waals surface area (Å²) in [5, 5.41) is 1.40. The monoisotopic (exact) mass is 321 g/mol. The molecule has 0 aliphatic carbocycles. The van der Waals surface area contributed by atoms with E-state index in [1.807, 2.05) is 25.1 Å². The fraction of sp³-hybridized carbons (Fsp3) is 0.438. The minimum Gasteiger partial charge on any atom is -0.291 e. The van der Waals surface area contributed by atoms with Crippen LogP contribution in [-0.4, -0.2) is 14.5 Å². The molecule has 0 saturated heterocycles. The van der Waals surface area contributed by atoms with E-state index in [1.165, 1.54) is 29.2 Å². The number of hydrogen-bond donors (Lipinski definition) is 1. The van der Waals surface area contributed by atoms with Gasteiger partial charge >= 0.3 is 5.69 Å². The Kier molecular flexibility index (Phi) is 7.66. The number of hydrogen-bond acceptors (Lipinski definition) is 4. The molecular weight excluding hydrogens is 298 g/mol. The Bertz CT molecular complexity index is 691. The first kappa shape index (κ1) is 18.2. The molecule has 2 heterocycles. The van der Waals surface area contributed by atoms with E-state index >= 15 is 0 Å². The van der Waals surface area contributed by atoms with Gasteiger partial charge in [0.25, 0.3) is 5.56 Å². The Balaban J connectivity index is 0.000000541. The zero-order valence-electron chi connectivity index (χ0n) is 13.5. The molecule has 22 heavy (non-hydrogen) atoms. The third kappa shape index (κ3) is 4.87. The van der Waals surface area contributed by atoms with Crippen molar-refractivity contribution in [2.45, 2.75) is 50.1 Å². The smallest absolute Gasteiger partial charge is 0.291 e. The highest BCUT2D eigenvalue weighted by Crippen LogP contribution is 2.25. The fourth-order valence-corrected chi connectivity index (χ4v) is 2.63. The van der Waals surface area contributed by atoms with Crippen LogP contribution in [0.2, 0.25) is 0 Å². The van der Waals surface area contributed by atoms with E-state index in [9.17, 15) is 9.59 Å². The topological polar surface area (TPSA) is 67.8 Å². The summed E-state index contributed by atoms with van der Waals surface area (Å²) in [6.45, 7) is 6.25. The second-order valence-corrected chi connectivity index (χ2v) is 5.73. The van der Waals surface area contributed by atoms with Crippen LogP contribution in [0.1, 0.15) is 39.2 Å². The van der Waals surface area contributed by atoms with Crippen LogP contribution in [-0.2, 0) is 13.5 Å². The molecular formula is C16H23N3O2S. The average molecular weight is 321 g/mol. The zero-order chi connectivity index (χ0) is 16.5. The number of pyridine rings is 1. The Morgan fingerprint density at radius 1 is 1.18 bits per heavy atom. The van der Waals surface area contributed by atoms with E-state index in [2.05, 4.69) is 23.8 Å². The standard InChI is InChI=1S/C12H13N3O2S.C4H10/c1-3-8-10(16)14-12(17)15(2)11(8)18-9-6-4-5-7-13-9;1-3-4-2/h4-7H,3H2,1-2H3,(H,14,16,17);3-4H2,1-2H3. The van der Waals surface area contributed by atoms with E-state index in [4.69, 9.17) is 0 Å². The minimum absolute atomic E-state index is 0.320. The number of aromatic nitrogens is 3. The SMILES string of the molecule is CCCC.CCc1c(Sc2ccccn2)n(C)c(=O)[nH]c1=O. The zero-order valence-corrected chi connectivity index (χ0v) is 14.4. The molecule has 2 aromatic heterocycles. The van der Waals surface area contributed by atoms with Gasteiger partial charge in [0.1, 0.15) is 5.03 Å². The molecule has 5 nitrogen and oxygen atoms in total. The van der Waals surface area contributed by atoms with Gasteiger partial charge in [-0.2, -0.15) is 0 Å². The van der Waals surface area contributed by atoms with Gasteiger partial charge < -0.3 is 0 Å². The number of nitrogens with one attached hydrogen (secondary N) is 1. The number of nitrogens with zero attached hydrogens (tertiary/aromatic N) is 2. The maximum absolute atomic E-state index is 11.7. The summed E-state index contributed by atoms with van der Waals surface area (Å²) >= 11 is 1.33. The molecule has 0 aliphatic rings. The van der Waals surface area contributed by atoms with Gasteiger partial charge in [-0.1, -0.05) is 51.4 Å². The average Bonchev–Trinajstić information content (AvgIpc) is 2.54. The molecule has 0 bridgehead atoms. The molecule has 120 valence electrons. The molecule has 0 saturated carbocycles. The molecule has 0 radical (unpaired) electrons.